The van der Waals surface area contributed by atoms with Gasteiger partial charge >= 0.3 is 12.1 Å². The number of hydrogen-bond donors (Lipinski definition) is 3. The molecule has 2 aromatic carbocycles. The van der Waals surface area contributed by atoms with Gasteiger partial charge in [0.25, 0.3) is 0 Å². The fraction of sp³-hybridized carbons (Fsp3) is 0.444. The van der Waals surface area contributed by atoms with Crippen LogP contribution in [-0.2, 0) is 14.3 Å². The Morgan fingerprint density at radius 3 is 2.09 bits per heavy atom. The summed E-state index contributed by atoms with van der Waals surface area (Å²) in [6.07, 6.45) is 1.21. The molecule has 7 nitrogen and oxygen atoms in total. The summed E-state index contributed by atoms with van der Waals surface area (Å²) in [4.78, 5) is 37.6. The SMILES string of the molecule is CC(C)C[C@H](NC(=O)OCC1c2ccccc2-c2ccccc21)C(=O)NC(C)(C(=O)O)C1CC1. The number of carbonyl (C=O) groups is 3. The van der Waals surface area contributed by atoms with Crippen LogP contribution in [0.4, 0.5) is 4.79 Å². The van der Waals surface area contributed by atoms with E-state index in [1.165, 1.54) is 6.92 Å². The van der Waals surface area contributed by atoms with Gasteiger partial charge in [-0.05, 0) is 60.3 Å². The molecule has 0 radical (unpaired) electrons. The molecule has 1 saturated carbocycles. The van der Waals surface area contributed by atoms with Crippen molar-refractivity contribution in [2.24, 2.45) is 11.8 Å². The Morgan fingerprint density at radius 2 is 1.59 bits per heavy atom. The third-order valence-corrected chi connectivity index (χ3v) is 6.88. The summed E-state index contributed by atoms with van der Waals surface area (Å²) in [5, 5.41) is 15.0. The summed E-state index contributed by atoms with van der Waals surface area (Å²) in [5.74, 6) is -1.63. The second-order valence-corrected chi connectivity index (χ2v) is 9.92. The molecule has 0 spiro atoms. The van der Waals surface area contributed by atoms with Gasteiger partial charge in [0, 0.05) is 5.92 Å². The van der Waals surface area contributed by atoms with Crippen LogP contribution in [0.25, 0.3) is 11.1 Å². The zero-order valence-electron chi connectivity index (χ0n) is 19.8. The van der Waals surface area contributed by atoms with E-state index in [1.54, 1.807) is 0 Å². The molecule has 2 amide bonds. The van der Waals surface area contributed by atoms with E-state index < -0.39 is 29.6 Å². The second-order valence-electron chi connectivity index (χ2n) is 9.92. The van der Waals surface area contributed by atoms with Crippen LogP contribution < -0.4 is 10.6 Å². The van der Waals surface area contributed by atoms with E-state index in [2.05, 4.69) is 22.8 Å². The van der Waals surface area contributed by atoms with Crippen molar-refractivity contribution in [1.82, 2.24) is 10.6 Å². The Morgan fingerprint density at radius 1 is 1.03 bits per heavy atom. The van der Waals surface area contributed by atoms with Gasteiger partial charge in [-0.25, -0.2) is 9.59 Å². The topological polar surface area (TPSA) is 105 Å². The Hall–Kier alpha value is -3.35. The van der Waals surface area contributed by atoms with E-state index in [9.17, 15) is 19.5 Å². The Labute approximate surface area is 199 Å². The fourth-order valence-corrected chi connectivity index (χ4v) is 4.82. The third kappa shape index (κ3) is 4.79. The minimum absolute atomic E-state index is 0.0827. The van der Waals surface area contributed by atoms with Crippen LogP contribution in [0.1, 0.15) is 57.1 Å². The lowest BCUT2D eigenvalue weighted by Crippen LogP contribution is -2.59. The number of carboxylic acids is 1. The quantitative estimate of drug-likeness (QED) is 0.513. The maximum Gasteiger partial charge on any atom is 0.407 e. The van der Waals surface area contributed by atoms with Gasteiger partial charge in [0.05, 0.1) is 0 Å². The normalized spacial score (nSPS) is 17.3. The van der Waals surface area contributed by atoms with Crippen LogP contribution in [0.3, 0.4) is 0 Å². The van der Waals surface area contributed by atoms with Gasteiger partial charge < -0.3 is 20.5 Å². The molecule has 0 aliphatic heterocycles. The van der Waals surface area contributed by atoms with Crippen LogP contribution in [0.5, 0.6) is 0 Å². The Balaban J connectivity index is 1.43. The minimum Gasteiger partial charge on any atom is -0.480 e. The van der Waals surface area contributed by atoms with Gasteiger partial charge in [-0.15, -0.1) is 0 Å². The zero-order chi connectivity index (χ0) is 24.5. The van der Waals surface area contributed by atoms with Crippen molar-refractivity contribution in [3.8, 4) is 11.1 Å². The molecule has 180 valence electrons. The molecule has 2 aromatic rings. The van der Waals surface area contributed by atoms with Crippen molar-refractivity contribution in [1.29, 1.82) is 0 Å². The van der Waals surface area contributed by atoms with E-state index in [0.717, 1.165) is 35.1 Å². The number of benzene rings is 2. The molecule has 7 heteroatoms. The highest BCUT2D eigenvalue weighted by Gasteiger charge is 2.49. The molecule has 2 aliphatic carbocycles. The van der Waals surface area contributed by atoms with Crippen molar-refractivity contribution in [2.45, 2.75) is 57.5 Å². The van der Waals surface area contributed by atoms with Crippen molar-refractivity contribution in [2.75, 3.05) is 6.61 Å². The molecule has 3 N–H and O–H groups in total. The first-order valence-electron chi connectivity index (χ1n) is 11.9. The van der Waals surface area contributed by atoms with Gasteiger partial charge in [0.15, 0.2) is 0 Å². The summed E-state index contributed by atoms with van der Waals surface area (Å²) in [5.41, 5.74) is 3.15. The fourth-order valence-electron chi connectivity index (χ4n) is 4.82. The van der Waals surface area contributed by atoms with Crippen molar-refractivity contribution < 1.29 is 24.2 Å². The van der Waals surface area contributed by atoms with Gasteiger partial charge in [-0.2, -0.15) is 0 Å². The molecular weight excluding hydrogens is 432 g/mol. The first-order valence-corrected chi connectivity index (χ1v) is 11.9. The number of carboxylic acid groups (broad SMARTS) is 1. The number of amides is 2. The van der Waals surface area contributed by atoms with E-state index in [4.69, 9.17) is 4.74 Å². The van der Waals surface area contributed by atoms with Crippen molar-refractivity contribution in [3.63, 3.8) is 0 Å². The van der Waals surface area contributed by atoms with Crippen LogP contribution in [0, 0.1) is 11.8 Å². The molecule has 0 bridgehead atoms. The Kier molecular flexibility index (Phi) is 6.64. The van der Waals surface area contributed by atoms with E-state index in [-0.39, 0.29) is 24.4 Å². The number of carbonyl (C=O) groups excluding carboxylic acids is 2. The molecule has 0 saturated heterocycles. The maximum absolute atomic E-state index is 13.0. The number of fused-ring (bicyclic) bond motifs is 3. The highest BCUT2D eigenvalue weighted by Crippen LogP contribution is 2.44. The van der Waals surface area contributed by atoms with Crippen LogP contribution in [-0.4, -0.2) is 41.3 Å². The summed E-state index contributed by atoms with van der Waals surface area (Å²) >= 11 is 0. The number of hydrogen-bond acceptors (Lipinski definition) is 4. The molecule has 0 heterocycles. The molecule has 2 aliphatic rings. The lowest BCUT2D eigenvalue weighted by Gasteiger charge is -2.29. The number of nitrogens with one attached hydrogen (secondary N) is 2. The average molecular weight is 465 g/mol. The largest absolute Gasteiger partial charge is 0.480 e. The number of alkyl carbamates (subject to hydrolysis) is 1. The smallest absolute Gasteiger partial charge is 0.407 e. The van der Waals surface area contributed by atoms with Gasteiger partial charge in [0.2, 0.25) is 5.91 Å². The van der Waals surface area contributed by atoms with Gasteiger partial charge in [0.1, 0.15) is 18.2 Å². The lowest BCUT2D eigenvalue weighted by molar-refractivity contribution is -0.148. The predicted molar refractivity (Wildman–Crippen MR) is 128 cm³/mol. The molecule has 1 fully saturated rings. The predicted octanol–water partition coefficient (Wildman–Crippen LogP) is 4.31. The molecule has 0 aromatic heterocycles. The van der Waals surface area contributed by atoms with Crippen molar-refractivity contribution in [3.05, 3.63) is 59.7 Å². The molecule has 2 atom stereocenters. The minimum atomic E-state index is -1.34. The monoisotopic (exact) mass is 464 g/mol. The standard InChI is InChI=1S/C27H32N2O5/c1-16(2)14-23(24(30)29-27(3,25(31)32)17-12-13-17)28-26(33)34-15-22-20-10-6-4-8-18(20)19-9-5-7-11-21(19)22/h4-11,16-17,22-23H,12-15H2,1-3H3,(H,28,33)(H,29,30)(H,31,32)/t23-,27?/m0/s1. The zero-order valence-corrected chi connectivity index (χ0v) is 19.8. The van der Waals surface area contributed by atoms with Gasteiger partial charge in [-0.1, -0.05) is 62.4 Å². The van der Waals surface area contributed by atoms with Crippen LogP contribution >= 0.6 is 0 Å². The summed E-state index contributed by atoms with van der Waals surface area (Å²) in [6, 6.07) is 15.3. The molecular formula is C27H32N2O5. The van der Waals surface area contributed by atoms with Crippen molar-refractivity contribution >= 4 is 18.0 Å². The number of aliphatic carboxylic acids is 1. The first kappa shape index (κ1) is 23.8. The lowest BCUT2D eigenvalue weighted by atomic mass is 9.94. The first-order chi connectivity index (χ1) is 16.2. The summed E-state index contributed by atoms with van der Waals surface area (Å²) < 4.78 is 5.59. The Bertz CT molecular complexity index is 1050. The maximum atomic E-state index is 13.0. The van der Waals surface area contributed by atoms with E-state index >= 15 is 0 Å². The highest BCUT2D eigenvalue weighted by atomic mass is 16.5. The van der Waals surface area contributed by atoms with Gasteiger partial charge in [-0.3, -0.25) is 4.79 Å². The number of ether oxygens (including phenoxy) is 1. The molecule has 1 unspecified atom stereocenters. The second kappa shape index (κ2) is 9.49. The summed E-state index contributed by atoms with van der Waals surface area (Å²) in [7, 11) is 0. The number of rotatable bonds is 9. The van der Waals surface area contributed by atoms with Crippen LogP contribution in [0.15, 0.2) is 48.5 Å². The highest BCUT2D eigenvalue weighted by molar-refractivity contribution is 5.91. The average Bonchev–Trinajstić information content (AvgIpc) is 3.60. The van der Waals surface area contributed by atoms with E-state index in [1.807, 2.05) is 50.2 Å². The van der Waals surface area contributed by atoms with Crippen LogP contribution in [0.2, 0.25) is 0 Å². The molecule has 34 heavy (non-hydrogen) atoms. The summed E-state index contributed by atoms with van der Waals surface area (Å²) in [6.45, 7) is 5.56. The molecule has 4 rings (SSSR count). The van der Waals surface area contributed by atoms with E-state index in [0.29, 0.717) is 6.42 Å². The third-order valence-electron chi connectivity index (χ3n) is 6.88.